The molecular formula is C21H19ClF3N5O. The van der Waals surface area contributed by atoms with E-state index in [2.05, 4.69) is 15.1 Å². The maximum absolute atomic E-state index is 13.2. The fraction of sp³-hybridized carbons (Fsp3) is 0.333. The SMILES string of the molecule is CC1=Cc2c(nc(C)nc2-c2ccnn2C)CN1C(=O)C1CC=CC(C(F)(F)F)=C1Cl. The number of allylic oxidation sites excluding steroid dienone is 4. The molecule has 0 bridgehead atoms. The van der Waals surface area contributed by atoms with Crippen molar-refractivity contribution in [3.8, 4) is 11.4 Å². The number of alkyl halides is 3. The van der Waals surface area contributed by atoms with E-state index in [1.54, 1.807) is 37.8 Å². The fourth-order valence-corrected chi connectivity index (χ4v) is 4.20. The van der Waals surface area contributed by atoms with Gasteiger partial charge >= 0.3 is 6.18 Å². The van der Waals surface area contributed by atoms with E-state index in [-0.39, 0.29) is 13.0 Å². The van der Waals surface area contributed by atoms with Gasteiger partial charge in [0.2, 0.25) is 5.91 Å². The molecule has 2 aliphatic rings. The second-order valence-electron chi connectivity index (χ2n) is 7.48. The molecule has 2 aromatic rings. The van der Waals surface area contributed by atoms with Crippen LogP contribution in [-0.2, 0) is 18.4 Å². The van der Waals surface area contributed by atoms with Crippen LogP contribution in [0.5, 0.6) is 0 Å². The number of aryl methyl sites for hydroxylation is 2. The minimum Gasteiger partial charge on any atom is -0.310 e. The third kappa shape index (κ3) is 3.78. The summed E-state index contributed by atoms with van der Waals surface area (Å²) in [6.07, 6.45) is 1.19. The maximum atomic E-state index is 13.2. The highest BCUT2D eigenvalue weighted by molar-refractivity contribution is 6.32. The first-order chi connectivity index (χ1) is 14.6. The molecule has 162 valence electrons. The lowest BCUT2D eigenvalue weighted by Gasteiger charge is -2.32. The van der Waals surface area contributed by atoms with Crippen molar-refractivity contribution in [2.75, 3.05) is 0 Å². The Labute approximate surface area is 181 Å². The normalized spacial score (nSPS) is 18.9. The number of fused-ring (bicyclic) bond motifs is 1. The van der Waals surface area contributed by atoms with E-state index >= 15 is 0 Å². The minimum atomic E-state index is -4.62. The molecule has 0 aromatic carbocycles. The van der Waals surface area contributed by atoms with Crippen molar-refractivity contribution >= 4 is 23.6 Å². The second-order valence-corrected chi connectivity index (χ2v) is 7.89. The number of hydrogen-bond acceptors (Lipinski definition) is 4. The number of amides is 1. The molecule has 10 heteroatoms. The number of hydrogen-bond donors (Lipinski definition) is 0. The van der Waals surface area contributed by atoms with E-state index in [0.717, 1.165) is 17.3 Å². The molecule has 0 radical (unpaired) electrons. The summed E-state index contributed by atoms with van der Waals surface area (Å²) in [5, 5.41) is 3.70. The third-order valence-electron chi connectivity index (χ3n) is 5.38. The largest absolute Gasteiger partial charge is 0.417 e. The Bertz CT molecular complexity index is 1160. The molecule has 1 aliphatic heterocycles. The lowest BCUT2D eigenvalue weighted by molar-refractivity contribution is -0.132. The highest BCUT2D eigenvalue weighted by atomic mass is 35.5. The number of aromatic nitrogens is 4. The zero-order valence-corrected chi connectivity index (χ0v) is 17.8. The van der Waals surface area contributed by atoms with Crippen molar-refractivity contribution in [3.63, 3.8) is 0 Å². The molecule has 3 heterocycles. The molecule has 0 saturated heterocycles. The predicted molar refractivity (Wildman–Crippen MR) is 109 cm³/mol. The summed E-state index contributed by atoms with van der Waals surface area (Å²) in [4.78, 5) is 23.7. The predicted octanol–water partition coefficient (Wildman–Crippen LogP) is 4.52. The first-order valence-corrected chi connectivity index (χ1v) is 9.94. The molecule has 6 nitrogen and oxygen atoms in total. The van der Waals surface area contributed by atoms with Crippen molar-refractivity contribution in [2.45, 2.75) is 33.0 Å². The van der Waals surface area contributed by atoms with E-state index in [9.17, 15) is 18.0 Å². The second kappa shape index (κ2) is 7.64. The van der Waals surface area contributed by atoms with Gasteiger partial charge in [-0.15, -0.1) is 0 Å². The topological polar surface area (TPSA) is 63.9 Å². The summed E-state index contributed by atoms with van der Waals surface area (Å²) in [6, 6.07) is 1.83. The molecular weight excluding hydrogens is 431 g/mol. The first-order valence-electron chi connectivity index (χ1n) is 9.57. The van der Waals surface area contributed by atoms with Crippen LogP contribution in [0.15, 0.2) is 40.7 Å². The van der Waals surface area contributed by atoms with Crippen LogP contribution in [0.4, 0.5) is 13.2 Å². The van der Waals surface area contributed by atoms with Gasteiger partial charge in [0.05, 0.1) is 35.1 Å². The van der Waals surface area contributed by atoms with Crippen molar-refractivity contribution in [1.29, 1.82) is 0 Å². The molecule has 1 aliphatic carbocycles. The van der Waals surface area contributed by atoms with Gasteiger partial charge in [-0.2, -0.15) is 18.3 Å². The van der Waals surface area contributed by atoms with Crippen molar-refractivity contribution in [1.82, 2.24) is 24.6 Å². The van der Waals surface area contributed by atoms with E-state index in [4.69, 9.17) is 11.6 Å². The molecule has 1 atom stereocenters. The molecule has 1 unspecified atom stereocenters. The van der Waals surface area contributed by atoms with Crippen LogP contribution in [0.3, 0.4) is 0 Å². The number of halogens is 4. The fourth-order valence-electron chi connectivity index (χ4n) is 3.85. The van der Waals surface area contributed by atoms with Crippen molar-refractivity contribution < 1.29 is 18.0 Å². The lowest BCUT2D eigenvalue weighted by atomic mass is 9.93. The van der Waals surface area contributed by atoms with Crippen LogP contribution in [-0.4, -0.2) is 36.7 Å². The van der Waals surface area contributed by atoms with Crippen LogP contribution in [0.1, 0.15) is 30.4 Å². The highest BCUT2D eigenvalue weighted by Gasteiger charge is 2.41. The van der Waals surface area contributed by atoms with Gasteiger partial charge in [0.15, 0.2) is 0 Å². The Hall–Kier alpha value is -2.94. The molecule has 0 saturated carbocycles. The quantitative estimate of drug-likeness (QED) is 0.676. The van der Waals surface area contributed by atoms with Gasteiger partial charge in [-0.05, 0) is 32.4 Å². The summed E-state index contributed by atoms with van der Waals surface area (Å²) < 4.78 is 41.4. The lowest BCUT2D eigenvalue weighted by Crippen LogP contribution is -2.38. The molecule has 0 spiro atoms. The Morgan fingerprint density at radius 3 is 2.65 bits per heavy atom. The average molecular weight is 450 g/mol. The summed E-state index contributed by atoms with van der Waals surface area (Å²) in [7, 11) is 1.80. The Morgan fingerprint density at radius 1 is 1.26 bits per heavy atom. The number of carbonyl (C=O) groups is 1. The van der Waals surface area contributed by atoms with Crippen LogP contribution < -0.4 is 0 Å². The average Bonchev–Trinajstić information content (AvgIpc) is 3.12. The van der Waals surface area contributed by atoms with E-state index in [0.29, 0.717) is 22.9 Å². The van der Waals surface area contributed by atoms with Crippen molar-refractivity contribution in [3.05, 3.63) is 57.8 Å². The Balaban J connectivity index is 1.72. The van der Waals surface area contributed by atoms with Crippen molar-refractivity contribution in [2.24, 2.45) is 13.0 Å². The number of carbonyl (C=O) groups excluding carboxylic acids is 1. The molecule has 4 rings (SSSR count). The monoisotopic (exact) mass is 449 g/mol. The summed E-state index contributed by atoms with van der Waals surface area (Å²) in [6.45, 7) is 3.60. The first kappa shape index (κ1) is 21.3. The van der Waals surface area contributed by atoms with E-state index < -0.39 is 28.6 Å². The van der Waals surface area contributed by atoms with Gasteiger partial charge in [-0.1, -0.05) is 23.8 Å². The zero-order valence-electron chi connectivity index (χ0n) is 17.0. The van der Waals surface area contributed by atoms with Gasteiger partial charge in [0.25, 0.3) is 0 Å². The smallest absolute Gasteiger partial charge is 0.310 e. The van der Waals surface area contributed by atoms with Crippen LogP contribution in [0.25, 0.3) is 17.5 Å². The van der Waals surface area contributed by atoms with Gasteiger partial charge in [-0.3, -0.25) is 9.48 Å². The third-order valence-corrected chi connectivity index (χ3v) is 5.84. The maximum Gasteiger partial charge on any atom is 0.417 e. The van der Waals surface area contributed by atoms with Crippen LogP contribution in [0, 0.1) is 12.8 Å². The van der Waals surface area contributed by atoms with Crippen LogP contribution in [0.2, 0.25) is 0 Å². The van der Waals surface area contributed by atoms with Gasteiger partial charge < -0.3 is 4.90 Å². The molecule has 31 heavy (non-hydrogen) atoms. The standard InChI is InChI=1S/C21H19ClF3N5O/c1-11-9-14-16(27-12(2)28-19(14)17-7-8-26-29(17)3)10-30(11)20(31)13-5-4-6-15(18(13)22)21(23,24)25/h4,6-9,13H,5,10H2,1-3H3. The Kier molecular flexibility index (Phi) is 5.25. The summed E-state index contributed by atoms with van der Waals surface area (Å²) in [5.74, 6) is -1.06. The molecule has 0 N–H and O–H groups in total. The van der Waals surface area contributed by atoms with Crippen LogP contribution >= 0.6 is 11.6 Å². The molecule has 2 aromatic heterocycles. The Morgan fingerprint density at radius 2 is 2.00 bits per heavy atom. The number of rotatable bonds is 2. The molecule has 1 amide bonds. The number of nitrogens with zero attached hydrogens (tertiary/aromatic N) is 5. The van der Waals surface area contributed by atoms with Gasteiger partial charge in [0.1, 0.15) is 5.82 Å². The zero-order chi connectivity index (χ0) is 22.5. The highest BCUT2D eigenvalue weighted by Crippen LogP contribution is 2.40. The summed E-state index contributed by atoms with van der Waals surface area (Å²) in [5.41, 5.74) is 2.47. The van der Waals surface area contributed by atoms with E-state index in [1.165, 1.54) is 11.0 Å². The van der Waals surface area contributed by atoms with E-state index in [1.807, 2.05) is 6.07 Å². The van der Waals surface area contributed by atoms with Gasteiger partial charge in [-0.25, -0.2) is 9.97 Å². The summed E-state index contributed by atoms with van der Waals surface area (Å²) >= 11 is 6.04. The minimum absolute atomic E-state index is 0.108. The van der Waals surface area contributed by atoms with Gasteiger partial charge in [0, 0.05) is 29.5 Å². The molecule has 0 fully saturated rings.